The third-order valence-electron chi connectivity index (χ3n) is 2.87. The second-order valence-electron chi connectivity index (χ2n) is 3.80. The van der Waals surface area contributed by atoms with Crippen LogP contribution in [-0.2, 0) is 0 Å². The zero-order valence-electron chi connectivity index (χ0n) is 9.56. The summed E-state index contributed by atoms with van der Waals surface area (Å²) >= 11 is 1.67. The second-order valence-corrected chi connectivity index (χ2v) is 4.75. The van der Waals surface area contributed by atoms with Crippen LogP contribution in [-0.4, -0.2) is 5.16 Å². The Balaban J connectivity index is 2.48. The highest BCUT2D eigenvalue weighted by molar-refractivity contribution is 7.13. The lowest BCUT2D eigenvalue weighted by molar-refractivity contribution is 0.356. The zero-order valence-corrected chi connectivity index (χ0v) is 10.4. The van der Waals surface area contributed by atoms with E-state index in [1.165, 1.54) is 0 Å². The molecule has 16 heavy (non-hydrogen) atoms. The molecule has 2 aromatic rings. The number of aromatic nitrogens is 1. The fraction of sp³-hybridized carbons (Fsp3) is 0.417. The molecule has 0 fully saturated rings. The summed E-state index contributed by atoms with van der Waals surface area (Å²) in [7, 11) is 0. The van der Waals surface area contributed by atoms with E-state index in [1.54, 1.807) is 11.3 Å². The molecule has 0 amide bonds. The van der Waals surface area contributed by atoms with E-state index in [1.807, 2.05) is 11.4 Å². The SMILES string of the molecule is CCC(CC)c1onc(N)c1-c1cccs1. The predicted octanol–water partition coefficient (Wildman–Crippen LogP) is 3.89. The molecule has 0 spiro atoms. The van der Waals surface area contributed by atoms with Crippen LogP contribution in [0, 0.1) is 0 Å². The van der Waals surface area contributed by atoms with Gasteiger partial charge in [0.05, 0.1) is 5.56 Å². The molecular weight excluding hydrogens is 220 g/mol. The monoisotopic (exact) mass is 236 g/mol. The predicted molar refractivity (Wildman–Crippen MR) is 67.6 cm³/mol. The average Bonchev–Trinajstić information content (AvgIpc) is 2.90. The molecule has 0 aromatic carbocycles. The molecule has 0 aliphatic carbocycles. The van der Waals surface area contributed by atoms with E-state index < -0.39 is 0 Å². The van der Waals surface area contributed by atoms with Crippen LogP contribution in [0.15, 0.2) is 22.0 Å². The fourth-order valence-corrected chi connectivity index (χ4v) is 2.71. The van der Waals surface area contributed by atoms with Crippen LogP contribution < -0.4 is 5.73 Å². The summed E-state index contributed by atoms with van der Waals surface area (Å²) in [5.41, 5.74) is 6.87. The first-order valence-electron chi connectivity index (χ1n) is 5.56. The molecule has 2 heterocycles. The van der Waals surface area contributed by atoms with Crippen molar-refractivity contribution in [2.45, 2.75) is 32.6 Å². The van der Waals surface area contributed by atoms with Gasteiger partial charge in [0.1, 0.15) is 0 Å². The number of hydrogen-bond donors (Lipinski definition) is 1. The van der Waals surface area contributed by atoms with Gasteiger partial charge >= 0.3 is 0 Å². The Hall–Kier alpha value is -1.29. The molecule has 0 radical (unpaired) electrons. The quantitative estimate of drug-likeness (QED) is 0.876. The molecule has 2 rings (SSSR count). The minimum absolute atomic E-state index is 0.405. The van der Waals surface area contributed by atoms with E-state index in [9.17, 15) is 0 Å². The second kappa shape index (κ2) is 4.70. The van der Waals surface area contributed by atoms with Gasteiger partial charge < -0.3 is 10.3 Å². The lowest BCUT2D eigenvalue weighted by atomic mass is 9.96. The molecule has 0 saturated carbocycles. The van der Waals surface area contributed by atoms with Crippen LogP contribution in [0.2, 0.25) is 0 Å². The molecule has 0 aliphatic heterocycles. The van der Waals surface area contributed by atoms with Crippen molar-refractivity contribution < 1.29 is 4.52 Å². The summed E-state index contributed by atoms with van der Waals surface area (Å²) < 4.78 is 5.39. The summed E-state index contributed by atoms with van der Waals surface area (Å²) in [5, 5.41) is 5.94. The topological polar surface area (TPSA) is 52.0 Å². The van der Waals surface area contributed by atoms with E-state index >= 15 is 0 Å². The molecule has 0 unspecified atom stereocenters. The maximum absolute atomic E-state index is 5.88. The fourth-order valence-electron chi connectivity index (χ4n) is 1.92. The van der Waals surface area contributed by atoms with E-state index in [2.05, 4.69) is 25.1 Å². The summed E-state index contributed by atoms with van der Waals surface area (Å²) in [6.07, 6.45) is 2.09. The molecule has 2 N–H and O–H groups in total. The molecular formula is C12H16N2OS. The van der Waals surface area contributed by atoms with E-state index in [0.29, 0.717) is 11.7 Å². The first-order valence-corrected chi connectivity index (χ1v) is 6.44. The van der Waals surface area contributed by atoms with Gasteiger partial charge in [0, 0.05) is 10.8 Å². The first kappa shape index (κ1) is 11.2. The third kappa shape index (κ3) is 1.85. The minimum Gasteiger partial charge on any atom is -0.380 e. The molecule has 2 aromatic heterocycles. The van der Waals surface area contributed by atoms with Gasteiger partial charge in [0.25, 0.3) is 0 Å². The molecule has 3 nitrogen and oxygen atoms in total. The summed E-state index contributed by atoms with van der Waals surface area (Å²) in [5.74, 6) is 1.84. The average molecular weight is 236 g/mol. The van der Waals surface area contributed by atoms with Gasteiger partial charge in [0.2, 0.25) is 0 Å². The van der Waals surface area contributed by atoms with Crippen molar-refractivity contribution in [2.24, 2.45) is 0 Å². The lowest BCUT2D eigenvalue weighted by Crippen LogP contribution is -1.96. The van der Waals surface area contributed by atoms with Crippen molar-refractivity contribution in [1.82, 2.24) is 5.16 Å². The standard InChI is InChI=1S/C12H16N2OS/c1-3-8(4-2)11-10(12(13)14-15-11)9-6-5-7-16-9/h5-8H,3-4H2,1-2H3,(H2,13,14). The van der Waals surface area contributed by atoms with Gasteiger partial charge in [0.15, 0.2) is 11.6 Å². The molecule has 86 valence electrons. The van der Waals surface area contributed by atoms with Gasteiger partial charge in [-0.1, -0.05) is 25.1 Å². The minimum atomic E-state index is 0.405. The van der Waals surface area contributed by atoms with E-state index in [0.717, 1.165) is 29.0 Å². The Morgan fingerprint density at radius 3 is 2.75 bits per heavy atom. The van der Waals surface area contributed by atoms with Crippen molar-refractivity contribution in [1.29, 1.82) is 0 Å². The van der Waals surface area contributed by atoms with Crippen molar-refractivity contribution in [3.8, 4) is 10.4 Å². The lowest BCUT2D eigenvalue weighted by Gasteiger charge is -2.09. The molecule has 0 aliphatic rings. The number of anilines is 1. The van der Waals surface area contributed by atoms with Gasteiger partial charge in [-0.3, -0.25) is 0 Å². The Kier molecular flexibility index (Phi) is 3.29. The third-order valence-corrected chi connectivity index (χ3v) is 3.76. The van der Waals surface area contributed by atoms with Gasteiger partial charge in [-0.15, -0.1) is 11.3 Å². The van der Waals surface area contributed by atoms with Gasteiger partial charge in [-0.2, -0.15) is 0 Å². The van der Waals surface area contributed by atoms with Crippen molar-refractivity contribution >= 4 is 17.2 Å². The highest BCUT2D eigenvalue weighted by Crippen LogP contribution is 2.38. The maximum Gasteiger partial charge on any atom is 0.175 e. The van der Waals surface area contributed by atoms with E-state index in [-0.39, 0.29) is 0 Å². The first-order chi connectivity index (χ1) is 7.77. The molecule has 0 atom stereocenters. The number of thiophene rings is 1. The maximum atomic E-state index is 5.88. The summed E-state index contributed by atoms with van der Waals surface area (Å²) in [6.45, 7) is 4.32. The Labute approximate surface area is 99.3 Å². The van der Waals surface area contributed by atoms with Gasteiger partial charge in [-0.25, -0.2) is 0 Å². The zero-order chi connectivity index (χ0) is 11.5. The van der Waals surface area contributed by atoms with Crippen LogP contribution in [0.1, 0.15) is 38.4 Å². The number of nitrogens with two attached hydrogens (primary N) is 1. The molecule has 0 saturated heterocycles. The molecule has 4 heteroatoms. The Morgan fingerprint density at radius 1 is 1.44 bits per heavy atom. The van der Waals surface area contributed by atoms with Gasteiger partial charge in [-0.05, 0) is 24.3 Å². The van der Waals surface area contributed by atoms with Crippen LogP contribution in [0.25, 0.3) is 10.4 Å². The Morgan fingerprint density at radius 2 is 2.19 bits per heavy atom. The Bertz CT molecular complexity index is 444. The molecule has 0 bridgehead atoms. The van der Waals surface area contributed by atoms with Crippen molar-refractivity contribution in [3.63, 3.8) is 0 Å². The van der Waals surface area contributed by atoms with Crippen LogP contribution in [0.3, 0.4) is 0 Å². The number of hydrogen-bond acceptors (Lipinski definition) is 4. The highest BCUT2D eigenvalue weighted by Gasteiger charge is 2.22. The van der Waals surface area contributed by atoms with Crippen LogP contribution in [0.5, 0.6) is 0 Å². The largest absolute Gasteiger partial charge is 0.380 e. The van der Waals surface area contributed by atoms with E-state index in [4.69, 9.17) is 10.3 Å². The number of nitrogen functional groups attached to an aromatic ring is 1. The normalized spacial score (nSPS) is 11.2. The smallest absolute Gasteiger partial charge is 0.175 e. The van der Waals surface area contributed by atoms with Crippen molar-refractivity contribution in [2.75, 3.05) is 5.73 Å². The van der Waals surface area contributed by atoms with Crippen molar-refractivity contribution in [3.05, 3.63) is 23.3 Å². The van der Waals surface area contributed by atoms with Crippen LogP contribution in [0.4, 0.5) is 5.82 Å². The number of rotatable bonds is 4. The summed E-state index contributed by atoms with van der Waals surface area (Å²) in [6, 6.07) is 4.07. The highest BCUT2D eigenvalue weighted by atomic mass is 32.1. The van der Waals surface area contributed by atoms with Crippen LogP contribution >= 0.6 is 11.3 Å². The summed E-state index contributed by atoms with van der Waals surface area (Å²) in [4.78, 5) is 1.14. The number of nitrogens with zero attached hydrogens (tertiary/aromatic N) is 1.